The zero-order chi connectivity index (χ0) is 11.3. The maximum Gasteiger partial charge on any atom is 0.180 e. The van der Waals surface area contributed by atoms with Gasteiger partial charge in [0.15, 0.2) is 5.13 Å². The molecule has 0 saturated heterocycles. The van der Waals surface area contributed by atoms with E-state index in [2.05, 4.69) is 16.9 Å². The van der Waals surface area contributed by atoms with E-state index in [0.29, 0.717) is 11.2 Å². The van der Waals surface area contributed by atoms with E-state index in [4.69, 9.17) is 10.5 Å². The fourth-order valence-electron chi connectivity index (χ4n) is 1.19. The number of anilines is 1. The van der Waals surface area contributed by atoms with E-state index in [1.165, 1.54) is 4.88 Å². The predicted molar refractivity (Wildman–Crippen MR) is 63.9 cm³/mol. The van der Waals surface area contributed by atoms with E-state index >= 15 is 0 Å². The quantitative estimate of drug-likeness (QED) is 0.804. The molecule has 0 aliphatic carbocycles. The van der Waals surface area contributed by atoms with Crippen LogP contribution in [-0.2, 0) is 11.3 Å². The molecule has 86 valence electrons. The maximum atomic E-state index is 5.56. The minimum atomic E-state index is 0.303. The highest BCUT2D eigenvalue weighted by atomic mass is 32.1. The molecule has 4 nitrogen and oxygen atoms in total. The monoisotopic (exact) mass is 229 g/mol. The third-order valence-corrected chi connectivity index (χ3v) is 2.73. The van der Waals surface area contributed by atoms with Crippen LogP contribution >= 0.6 is 11.3 Å². The molecule has 5 heteroatoms. The Labute approximate surface area is 95.1 Å². The number of nitrogens with two attached hydrogens (primary N) is 1. The number of nitrogen functional groups attached to an aromatic ring is 1. The summed E-state index contributed by atoms with van der Waals surface area (Å²) in [7, 11) is 2.07. The standard InChI is InChI=1S/C10H19N3OS/c1-8(2)14-5-4-13(3)7-9-6-12-10(11)15-9/h6,8H,4-5,7H2,1-3H3,(H2,11,12). The van der Waals surface area contributed by atoms with E-state index in [-0.39, 0.29) is 0 Å². The molecule has 0 aliphatic rings. The second kappa shape index (κ2) is 6.05. The summed E-state index contributed by atoms with van der Waals surface area (Å²) in [6.07, 6.45) is 2.14. The molecule has 0 aliphatic heterocycles. The lowest BCUT2D eigenvalue weighted by Crippen LogP contribution is -2.23. The van der Waals surface area contributed by atoms with Crippen molar-refractivity contribution in [2.45, 2.75) is 26.5 Å². The Bertz CT molecular complexity index is 288. The first-order chi connectivity index (χ1) is 7.08. The summed E-state index contributed by atoms with van der Waals surface area (Å²) in [4.78, 5) is 7.41. The van der Waals surface area contributed by atoms with E-state index in [9.17, 15) is 0 Å². The summed E-state index contributed by atoms with van der Waals surface area (Å²) in [5.74, 6) is 0. The first kappa shape index (κ1) is 12.4. The number of hydrogen-bond acceptors (Lipinski definition) is 5. The minimum Gasteiger partial charge on any atom is -0.377 e. The number of likely N-dealkylation sites (N-methyl/N-ethyl adjacent to an activating group) is 1. The van der Waals surface area contributed by atoms with Crippen LogP contribution in [0.15, 0.2) is 6.20 Å². The highest BCUT2D eigenvalue weighted by Crippen LogP contribution is 2.15. The lowest BCUT2D eigenvalue weighted by molar-refractivity contribution is 0.0628. The molecule has 0 unspecified atom stereocenters. The molecule has 1 aromatic rings. The van der Waals surface area contributed by atoms with Gasteiger partial charge in [-0.25, -0.2) is 4.98 Å². The Hall–Kier alpha value is -0.650. The molecule has 2 N–H and O–H groups in total. The van der Waals surface area contributed by atoms with Gasteiger partial charge in [-0.05, 0) is 20.9 Å². The fourth-order valence-corrected chi connectivity index (χ4v) is 1.95. The summed E-state index contributed by atoms with van der Waals surface area (Å²) >= 11 is 1.54. The van der Waals surface area contributed by atoms with Crippen LogP contribution in [0.2, 0.25) is 0 Å². The number of aromatic nitrogens is 1. The Morgan fingerprint density at radius 2 is 2.33 bits per heavy atom. The van der Waals surface area contributed by atoms with Crippen LogP contribution in [0.5, 0.6) is 0 Å². The maximum absolute atomic E-state index is 5.56. The highest BCUT2D eigenvalue weighted by Gasteiger charge is 2.03. The molecular weight excluding hydrogens is 210 g/mol. The van der Waals surface area contributed by atoms with Crippen molar-refractivity contribution in [2.75, 3.05) is 25.9 Å². The Kier molecular flexibility index (Phi) is 5.01. The first-order valence-corrected chi connectivity index (χ1v) is 5.90. The predicted octanol–water partition coefficient (Wildman–Crippen LogP) is 1.58. The van der Waals surface area contributed by atoms with Gasteiger partial charge < -0.3 is 10.5 Å². The van der Waals surface area contributed by atoms with Crippen molar-refractivity contribution in [3.05, 3.63) is 11.1 Å². The fraction of sp³-hybridized carbons (Fsp3) is 0.700. The van der Waals surface area contributed by atoms with Crippen LogP contribution in [0.25, 0.3) is 0 Å². The molecule has 15 heavy (non-hydrogen) atoms. The molecule has 0 fully saturated rings. The van der Waals surface area contributed by atoms with Gasteiger partial charge in [-0.3, -0.25) is 4.90 Å². The number of nitrogens with zero attached hydrogens (tertiary/aromatic N) is 2. The van der Waals surface area contributed by atoms with Crippen molar-refractivity contribution in [3.63, 3.8) is 0 Å². The van der Waals surface area contributed by atoms with Crippen molar-refractivity contribution in [1.82, 2.24) is 9.88 Å². The second-order valence-electron chi connectivity index (χ2n) is 3.82. The molecule has 1 aromatic heterocycles. The van der Waals surface area contributed by atoms with Crippen LogP contribution in [0.3, 0.4) is 0 Å². The summed E-state index contributed by atoms with van der Waals surface area (Å²) in [5, 5.41) is 0.636. The minimum absolute atomic E-state index is 0.303. The van der Waals surface area contributed by atoms with Crippen molar-refractivity contribution in [1.29, 1.82) is 0 Å². The average molecular weight is 229 g/mol. The van der Waals surface area contributed by atoms with E-state index in [1.807, 2.05) is 20.0 Å². The van der Waals surface area contributed by atoms with Crippen molar-refractivity contribution in [2.24, 2.45) is 0 Å². The number of thiazole rings is 1. The number of rotatable bonds is 6. The van der Waals surface area contributed by atoms with E-state index in [0.717, 1.165) is 19.7 Å². The highest BCUT2D eigenvalue weighted by molar-refractivity contribution is 7.15. The van der Waals surface area contributed by atoms with Gasteiger partial charge in [0.1, 0.15) is 0 Å². The number of ether oxygens (including phenoxy) is 1. The Morgan fingerprint density at radius 3 is 2.87 bits per heavy atom. The summed E-state index contributed by atoms with van der Waals surface area (Å²) < 4.78 is 5.48. The van der Waals surface area contributed by atoms with E-state index in [1.54, 1.807) is 11.3 Å². The Balaban J connectivity index is 2.21. The normalized spacial score (nSPS) is 11.5. The van der Waals surface area contributed by atoms with Gasteiger partial charge in [0.05, 0.1) is 12.7 Å². The van der Waals surface area contributed by atoms with Crippen LogP contribution in [0, 0.1) is 0 Å². The number of hydrogen-bond donors (Lipinski definition) is 1. The molecule has 0 bridgehead atoms. The SMILES string of the molecule is CC(C)OCCN(C)Cc1cnc(N)s1. The van der Waals surface area contributed by atoms with Gasteiger partial charge in [-0.1, -0.05) is 0 Å². The third kappa shape index (κ3) is 5.11. The van der Waals surface area contributed by atoms with Gasteiger partial charge in [-0.2, -0.15) is 0 Å². The second-order valence-corrected chi connectivity index (χ2v) is 4.97. The molecule has 0 atom stereocenters. The van der Waals surface area contributed by atoms with Crippen LogP contribution in [0.4, 0.5) is 5.13 Å². The largest absolute Gasteiger partial charge is 0.377 e. The molecule has 0 spiro atoms. The average Bonchev–Trinajstić information content (AvgIpc) is 2.50. The summed E-state index contributed by atoms with van der Waals surface area (Å²) in [6.45, 7) is 6.67. The molecule has 1 heterocycles. The van der Waals surface area contributed by atoms with E-state index < -0.39 is 0 Å². The third-order valence-electron chi connectivity index (χ3n) is 1.92. The lowest BCUT2D eigenvalue weighted by Gasteiger charge is -2.16. The van der Waals surface area contributed by atoms with Crippen molar-refractivity contribution < 1.29 is 4.74 Å². The topological polar surface area (TPSA) is 51.4 Å². The van der Waals surface area contributed by atoms with Crippen LogP contribution in [-0.4, -0.2) is 36.2 Å². The molecule has 0 radical (unpaired) electrons. The van der Waals surface area contributed by atoms with Gasteiger partial charge >= 0.3 is 0 Å². The molecule has 0 saturated carbocycles. The smallest absolute Gasteiger partial charge is 0.180 e. The molecule has 1 rings (SSSR count). The molecule has 0 aromatic carbocycles. The van der Waals surface area contributed by atoms with Gasteiger partial charge in [0.2, 0.25) is 0 Å². The van der Waals surface area contributed by atoms with Crippen molar-refractivity contribution in [3.8, 4) is 0 Å². The summed E-state index contributed by atoms with van der Waals surface area (Å²) in [5.41, 5.74) is 5.56. The zero-order valence-corrected chi connectivity index (χ0v) is 10.4. The summed E-state index contributed by atoms with van der Waals surface area (Å²) in [6, 6.07) is 0. The lowest BCUT2D eigenvalue weighted by atomic mass is 10.4. The molecule has 0 amide bonds. The van der Waals surface area contributed by atoms with Gasteiger partial charge in [-0.15, -0.1) is 11.3 Å². The van der Waals surface area contributed by atoms with Crippen molar-refractivity contribution >= 4 is 16.5 Å². The van der Waals surface area contributed by atoms with Crippen LogP contribution in [0.1, 0.15) is 18.7 Å². The van der Waals surface area contributed by atoms with Gasteiger partial charge in [0.25, 0.3) is 0 Å². The Morgan fingerprint density at radius 1 is 1.60 bits per heavy atom. The first-order valence-electron chi connectivity index (χ1n) is 5.08. The zero-order valence-electron chi connectivity index (χ0n) is 9.56. The van der Waals surface area contributed by atoms with Gasteiger partial charge in [0, 0.05) is 24.2 Å². The molecular formula is C10H19N3OS. The van der Waals surface area contributed by atoms with Crippen LogP contribution < -0.4 is 5.73 Å².